The minimum atomic E-state index is 0.255. The zero-order valence-corrected chi connectivity index (χ0v) is 10.5. The molecule has 1 aromatic carbocycles. The molecule has 2 heteroatoms. The van der Waals surface area contributed by atoms with Gasteiger partial charge in [-0.2, -0.15) is 0 Å². The maximum atomic E-state index is 10.9. The van der Waals surface area contributed by atoms with Crippen LogP contribution in [0.3, 0.4) is 0 Å². The first-order valence-corrected chi connectivity index (χ1v) is 5.83. The van der Waals surface area contributed by atoms with E-state index < -0.39 is 0 Å². The average Bonchev–Trinajstić information content (AvgIpc) is 2.64. The molecule has 2 aromatic rings. The largest absolute Gasteiger partial charge is 0.341 e. The Labute approximate surface area is 102 Å². The Hall–Kier alpha value is -1.83. The van der Waals surface area contributed by atoms with Crippen LogP contribution in [0.4, 0.5) is 0 Å². The van der Waals surface area contributed by atoms with Crippen LogP contribution in [0.2, 0.25) is 0 Å². The van der Waals surface area contributed by atoms with Crippen LogP contribution in [0, 0.1) is 13.8 Å². The second kappa shape index (κ2) is 4.58. The van der Waals surface area contributed by atoms with Crippen molar-refractivity contribution in [3.8, 4) is 0 Å². The van der Waals surface area contributed by atoms with Gasteiger partial charge in [-0.1, -0.05) is 30.3 Å². The van der Waals surface area contributed by atoms with E-state index in [0.29, 0.717) is 0 Å². The van der Waals surface area contributed by atoms with Crippen LogP contribution in [0.25, 0.3) is 0 Å². The highest BCUT2D eigenvalue weighted by molar-refractivity contribution is 5.77. The summed E-state index contributed by atoms with van der Waals surface area (Å²) in [4.78, 5) is 10.9. The summed E-state index contributed by atoms with van der Waals surface area (Å²) >= 11 is 0. The van der Waals surface area contributed by atoms with Crippen molar-refractivity contribution in [2.24, 2.45) is 0 Å². The van der Waals surface area contributed by atoms with Gasteiger partial charge in [-0.05, 0) is 32.4 Å². The van der Waals surface area contributed by atoms with Gasteiger partial charge in [0, 0.05) is 17.0 Å². The number of rotatable bonds is 3. The van der Waals surface area contributed by atoms with Gasteiger partial charge in [0.25, 0.3) is 0 Å². The summed E-state index contributed by atoms with van der Waals surface area (Å²) in [5.41, 5.74) is 4.20. The predicted octanol–water partition coefficient (Wildman–Crippen LogP) is 3.53. The summed E-state index contributed by atoms with van der Waals surface area (Å²) in [7, 11) is 0. The average molecular weight is 227 g/mol. The fourth-order valence-corrected chi connectivity index (χ4v) is 2.40. The van der Waals surface area contributed by atoms with Crippen molar-refractivity contribution in [3.63, 3.8) is 0 Å². The van der Waals surface area contributed by atoms with Gasteiger partial charge in [0.2, 0.25) is 0 Å². The fourth-order valence-electron chi connectivity index (χ4n) is 2.40. The van der Waals surface area contributed by atoms with Crippen LogP contribution in [-0.2, 0) is 0 Å². The standard InChI is InChI=1S/C15H17NO/c1-11-9-15(10-17)13(3)16(11)12(2)14-7-5-4-6-8-14/h4-10,12H,1-3H3. The highest BCUT2D eigenvalue weighted by Crippen LogP contribution is 2.24. The summed E-state index contributed by atoms with van der Waals surface area (Å²) in [6.45, 7) is 6.19. The normalized spacial score (nSPS) is 12.4. The molecule has 0 saturated carbocycles. The molecule has 1 aromatic heterocycles. The summed E-state index contributed by atoms with van der Waals surface area (Å²) in [5, 5.41) is 0. The molecule has 0 aliphatic heterocycles. The van der Waals surface area contributed by atoms with Crippen molar-refractivity contribution in [3.05, 3.63) is 58.9 Å². The van der Waals surface area contributed by atoms with Gasteiger partial charge in [0.1, 0.15) is 0 Å². The summed E-state index contributed by atoms with van der Waals surface area (Å²) < 4.78 is 2.21. The number of carbonyl (C=O) groups excluding carboxylic acids is 1. The smallest absolute Gasteiger partial charge is 0.151 e. The van der Waals surface area contributed by atoms with Gasteiger partial charge in [-0.25, -0.2) is 0 Å². The molecule has 0 aliphatic carbocycles. The van der Waals surface area contributed by atoms with E-state index in [-0.39, 0.29) is 6.04 Å². The zero-order valence-electron chi connectivity index (χ0n) is 10.5. The molecule has 0 N–H and O–H groups in total. The Bertz CT molecular complexity index is 525. The first kappa shape index (κ1) is 11.6. The molecular formula is C15H17NO. The van der Waals surface area contributed by atoms with Gasteiger partial charge < -0.3 is 4.57 Å². The maximum absolute atomic E-state index is 10.9. The van der Waals surface area contributed by atoms with Crippen LogP contribution < -0.4 is 0 Å². The first-order chi connectivity index (χ1) is 8.15. The van der Waals surface area contributed by atoms with Crippen LogP contribution in [-0.4, -0.2) is 10.9 Å². The molecule has 2 nitrogen and oxygen atoms in total. The molecule has 1 heterocycles. The molecule has 0 spiro atoms. The minimum absolute atomic E-state index is 0.255. The molecule has 1 atom stereocenters. The van der Waals surface area contributed by atoms with E-state index in [9.17, 15) is 4.79 Å². The van der Waals surface area contributed by atoms with Crippen molar-refractivity contribution >= 4 is 6.29 Å². The van der Waals surface area contributed by atoms with Crippen LogP contribution >= 0.6 is 0 Å². The van der Waals surface area contributed by atoms with E-state index in [0.717, 1.165) is 23.2 Å². The molecule has 17 heavy (non-hydrogen) atoms. The Morgan fingerprint density at radius 1 is 1.18 bits per heavy atom. The Morgan fingerprint density at radius 2 is 1.82 bits per heavy atom. The van der Waals surface area contributed by atoms with E-state index in [2.05, 4.69) is 23.6 Å². The Kier molecular flexibility index (Phi) is 3.14. The Balaban J connectivity index is 2.47. The maximum Gasteiger partial charge on any atom is 0.151 e. The third-order valence-electron chi connectivity index (χ3n) is 3.32. The number of carbonyl (C=O) groups is 1. The van der Waals surface area contributed by atoms with Gasteiger partial charge in [-0.15, -0.1) is 0 Å². The Morgan fingerprint density at radius 3 is 2.35 bits per heavy atom. The molecule has 0 aliphatic rings. The predicted molar refractivity (Wildman–Crippen MR) is 69.5 cm³/mol. The summed E-state index contributed by atoms with van der Waals surface area (Å²) in [6.07, 6.45) is 0.927. The molecule has 0 saturated heterocycles. The molecule has 0 fully saturated rings. The molecule has 0 radical (unpaired) electrons. The lowest BCUT2D eigenvalue weighted by Gasteiger charge is -2.19. The van der Waals surface area contributed by atoms with Crippen molar-refractivity contribution in [1.82, 2.24) is 4.57 Å². The third-order valence-corrected chi connectivity index (χ3v) is 3.32. The van der Waals surface area contributed by atoms with Gasteiger partial charge in [0.15, 0.2) is 6.29 Å². The molecule has 1 unspecified atom stereocenters. The molecular weight excluding hydrogens is 210 g/mol. The highest BCUT2D eigenvalue weighted by Gasteiger charge is 2.14. The molecule has 0 bridgehead atoms. The number of aryl methyl sites for hydroxylation is 1. The van der Waals surface area contributed by atoms with E-state index in [1.807, 2.05) is 38.1 Å². The highest BCUT2D eigenvalue weighted by atomic mass is 16.1. The van der Waals surface area contributed by atoms with E-state index >= 15 is 0 Å². The number of aromatic nitrogens is 1. The summed E-state index contributed by atoms with van der Waals surface area (Å²) in [5.74, 6) is 0. The third kappa shape index (κ3) is 2.03. The lowest BCUT2D eigenvalue weighted by atomic mass is 10.1. The van der Waals surface area contributed by atoms with Crippen molar-refractivity contribution in [2.75, 3.05) is 0 Å². The van der Waals surface area contributed by atoms with Gasteiger partial charge >= 0.3 is 0 Å². The number of hydrogen-bond acceptors (Lipinski definition) is 1. The van der Waals surface area contributed by atoms with Crippen molar-refractivity contribution in [1.29, 1.82) is 0 Å². The van der Waals surface area contributed by atoms with Crippen LogP contribution in [0.15, 0.2) is 36.4 Å². The number of benzene rings is 1. The molecule has 0 amide bonds. The van der Waals surface area contributed by atoms with Gasteiger partial charge in [0.05, 0.1) is 6.04 Å². The fraction of sp³-hybridized carbons (Fsp3) is 0.267. The lowest BCUT2D eigenvalue weighted by Crippen LogP contribution is -2.10. The first-order valence-electron chi connectivity index (χ1n) is 5.83. The second-order valence-electron chi connectivity index (χ2n) is 4.40. The number of aldehydes is 1. The molecule has 88 valence electrons. The topological polar surface area (TPSA) is 22.0 Å². The SMILES string of the molecule is Cc1cc(C=O)c(C)n1C(C)c1ccccc1. The second-order valence-corrected chi connectivity index (χ2v) is 4.40. The lowest BCUT2D eigenvalue weighted by molar-refractivity contribution is 0.112. The molecule has 2 rings (SSSR count). The van der Waals surface area contributed by atoms with Gasteiger partial charge in [-0.3, -0.25) is 4.79 Å². The van der Waals surface area contributed by atoms with Crippen molar-refractivity contribution in [2.45, 2.75) is 26.8 Å². The summed E-state index contributed by atoms with van der Waals surface area (Å²) in [6, 6.07) is 12.5. The van der Waals surface area contributed by atoms with Crippen molar-refractivity contribution < 1.29 is 4.79 Å². The van der Waals surface area contributed by atoms with Crippen LogP contribution in [0.1, 0.15) is 40.3 Å². The van der Waals surface area contributed by atoms with E-state index in [1.165, 1.54) is 5.56 Å². The number of nitrogens with zero attached hydrogens (tertiary/aromatic N) is 1. The number of hydrogen-bond donors (Lipinski definition) is 0. The minimum Gasteiger partial charge on any atom is -0.341 e. The quantitative estimate of drug-likeness (QED) is 0.735. The monoisotopic (exact) mass is 227 g/mol. The van der Waals surface area contributed by atoms with Crippen LogP contribution in [0.5, 0.6) is 0 Å². The van der Waals surface area contributed by atoms with E-state index in [4.69, 9.17) is 0 Å². The van der Waals surface area contributed by atoms with E-state index in [1.54, 1.807) is 0 Å². The zero-order chi connectivity index (χ0) is 12.4.